The number of amides is 2. The summed E-state index contributed by atoms with van der Waals surface area (Å²) in [5.74, 6) is 1.19. The highest BCUT2D eigenvalue weighted by molar-refractivity contribution is 5.73. The molecule has 1 aromatic rings. The van der Waals surface area contributed by atoms with Gasteiger partial charge < -0.3 is 16.0 Å². The molecule has 1 saturated heterocycles. The number of urea groups is 1. The Labute approximate surface area is 130 Å². The van der Waals surface area contributed by atoms with Crippen LogP contribution in [0.2, 0.25) is 0 Å². The predicted octanol–water partition coefficient (Wildman–Crippen LogP) is 2.23. The van der Waals surface area contributed by atoms with Gasteiger partial charge in [0.15, 0.2) is 0 Å². The number of halogens is 1. The fraction of sp³-hybridized carbons (Fsp3) is 0.588. The summed E-state index contributed by atoms with van der Waals surface area (Å²) in [4.78, 5) is 11.8. The maximum Gasteiger partial charge on any atom is 0.314 e. The lowest BCUT2D eigenvalue weighted by atomic mass is 9.81. The zero-order chi connectivity index (χ0) is 15.4. The second kappa shape index (κ2) is 7.09. The highest BCUT2D eigenvalue weighted by Crippen LogP contribution is 2.30. The van der Waals surface area contributed by atoms with Crippen molar-refractivity contribution in [1.82, 2.24) is 16.0 Å². The van der Waals surface area contributed by atoms with Crippen LogP contribution in [0.4, 0.5) is 9.18 Å². The standard InChI is InChI=1S/C17H24FN3O/c18-15-5-3-13(4-6-15)16-7-8-19-10-14(16)11-21-17(22)20-9-12-1-2-12/h3-6,12,14,16,19H,1-2,7-11H2,(H2,20,21,22)/t14-,16+/m1/s1. The van der Waals surface area contributed by atoms with Crippen LogP contribution in [0.15, 0.2) is 24.3 Å². The van der Waals surface area contributed by atoms with Gasteiger partial charge in [0.05, 0.1) is 0 Å². The average Bonchev–Trinajstić information content (AvgIpc) is 3.36. The molecule has 2 amide bonds. The van der Waals surface area contributed by atoms with Gasteiger partial charge in [0.1, 0.15) is 5.82 Å². The largest absolute Gasteiger partial charge is 0.338 e. The van der Waals surface area contributed by atoms with Crippen molar-refractivity contribution < 1.29 is 9.18 Å². The van der Waals surface area contributed by atoms with Crippen molar-refractivity contribution in [3.63, 3.8) is 0 Å². The molecule has 2 atom stereocenters. The van der Waals surface area contributed by atoms with Gasteiger partial charge in [0, 0.05) is 19.6 Å². The van der Waals surface area contributed by atoms with Crippen LogP contribution in [0.1, 0.15) is 30.7 Å². The normalized spacial score (nSPS) is 24.8. The van der Waals surface area contributed by atoms with Gasteiger partial charge in [-0.15, -0.1) is 0 Å². The van der Waals surface area contributed by atoms with Crippen molar-refractivity contribution in [2.75, 3.05) is 26.2 Å². The summed E-state index contributed by atoms with van der Waals surface area (Å²) in [6.45, 7) is 3.28. The minimum absolute atomic E-state index is 0.0738. The molecule has 0 bridgehead atoms. The molecule has 2 fully saturated rings. The molecule has 1 aromatic carbocycles. The number of rotatable bonds is 5. The van der Waals surface area contributed by atoms with Crippen LogP contribution >= 0.6 is 0 Å². The van der Waals surface area contributed by atoms with E-state index in [1.165, 1.54) is 25.0 Å². The van der Waals surface area contributed by atoms with Crippen LogP contribution in [0.25, 0.3) is 0 Å². The molecule has 3 rings (SSSR count). The van der Waals surface area contributed by atoms with E-state index in [-0.39, 0.29) is 11.8 Å². The Hall–Kier alpha value is -1.62. The molecular weight excluding hydrogens is 281 g/mol. The summed E-state index contributed by atoms with van der Waals surface area (Å²) < 4.78 is 13.1. The Morgan fingerprint density at radius 1 is 1.14 bits per heavy atom. The van der Waals surface area contributed by atoms with E-state index in [2.05, 4.69) is 16.0 Å². The Morgan fingerprint density at radius 3 is 2.59 bits per heavy atom. The molecule has 1 heterocycles. The molecule has 0 radical (unpaired) electrons. The summed E-state index contributed by atoms with van der Waals surface area (Å²) >= 11 is 0. The van der Waals surface area contributed by atoms with Crippen molar-refractivity contribution >= 4 is 6.03 Å². The van der Waals surface area contributed by atoms with E-state index in [9.17, 15) is 9.18 Å². The van der Waals surface area contributed by atoms with Gasteiger partial charge in [-0.25, -0.2) is 9.18 Å². The topological polar surface area (TPSA) is 53.2 Å². The van der Waals surface area contributed by atoms with Crippen molar-refractivity contribution in [1.29, 1.82) is 0 Å². The molecule has 5 heteroatoms. The van der Waals surface area contributed by atoms with E-state index in [4.69, 9.17) is 0 Å². The van der Waals surface area contributed by atoms with Crippen LogP contribution in [-0.2, 0) is 0 Å². The van der Waals surface area contributed by atoms with Crippen LogP contribution in [0.5, 0.6) is 0 Å². The monoisotopic (exact) mass is 305 g/mol. The third-order valence-corrected chi connectivity index (χ3v) is 4.68. The van der Waals surface area contributed by atoms with Crippen LogP contribution in [0, 0.1) is 17.7 Å². The molecule has 2 aliphatic rings. The van der Waals surface area contributed by atoms with E-state index in [1.54, 1.807) is 0 Å². The Kier molecular flexibility index (Phi) is 4.93. The molecule has 1 saturated carbocycles. The second-order valence-corrected chi connectivity index (χ2v) is 6.45. The summed E-state index contributed by atoms with van der Waals surface area (Å²) in [7, 11) is 0. The number of nitrogens with one attached hydrogen (secondary N) is 3. The van der Waals surface area contributed by atoms with Crippen molar-refractivity contribution in [2.24, 2.45) is 11.8 Å². The van der Waals surface area contributed by atoms with Gasteiger partial charge in [-0.1, -0.05) is 12.1 Å². The number of carbonyl (C=O) groups is 1. The molecule has 22 heavy (non-hydrogen) atoms. The minimum atomic E-state index is -0.202. The maximum absolute atomic E-state index is 13.1. The van der Waals surface area contributed by atoms with Crippen molar-refractivity contribution in [2.45, 2.75) is 25.2 Å². The van der Waals surface area contributed by atoms with Gasteiger partial charge in [-0.2, -0.15) is 0 Å². The van der Waals surface area contributed by atoms with E-state index >= 15 is 0 Å². The van der Waals surface area contributed by atoms with Gasteiger partial charge in [-0.3, -0.25) is 0 Å². The van der Waals surface area contributed by atoms with Gasteiger partial charge in [0.2, 0.25) is 0 Å². The third-order valence-electron chi connectivity index (χ3n) is 4.68. The summed E-state index contributed by atoms with van der Waals surface area (Å²) in [5.41, 5.74) is 1.16. The quantitative estimate of drug-likeness (QED) is 0.781. The predicted molar refractivity (Wildman–Crippen MR) is 84.2 cm³/mol. The highest BCUT2D eigenvalue weighted by Gasteiger charge is 2.27. The zero-order valence-electron chi connectivity index (χ0n) is 12.8. The zero-order valence-corrected chi connectivity index (χ0v) is 12.8. The summed E-state index contributed by atoms with van der Waals surface area (Å²) in [6.07, 6.45) is 3.49. The van der Waals surface area contributed by atoms with Crippen LogP contribution in [-0.4, -0.2) is 32.2 Å². The third kappa shape index (κ3) is 4.19. The van der Waals surface area contributed by atoms with Crippen LogP contribution in [0.3, 0.4) is 0 Å². The fourth-order valence-corrected chi connectivity index (χ4v) is 3.13. The SMILES string of the molecule is O=C(NCC1CC1)NC[C@H]1CNCC[C@H]1c1ccc(F)cc1. The van der Waals surface area contributed by atoms with Gasteiger partial charge >= 0.3 is 6.03 Å². The highest BCUT2D eigenvalue weighted by atomic mass is 19.1. The summed E-state index contributed by atoms with van der Waals surface area (Å²) in [5, 5.41) is 9.29. The smallest absolute Gasteiger partial charge is 0.314 e. The second-order valence-electron chi connectivity index (χ2n) is 6.45. The lowest BCUT2D eigenvalue weighted by Gasteiger charge is -2.32. The van der Waals surface area contributed by atoms with Crippen molar-refractivity contribution in [3.05, 3.63) is 35.6 Å². The number of carbonyl (C=O) groups excluding carboxylic acids is 1. The number of hydrogen-bond acceptors (Lipinski definition) is 2. The van der Waals surface area contributed by atoms with E-state index < -0.39 is 0 Å². The lowest BCUT2D eigenvalue weighted by Crippen LogP contribution is -2.45. The van der Waals surface area contributed by atoms with Crippen LogP contribution < -0.4 is 16.0 Å². The van der Waals surface area contributed by atoms with E-state index in [0.29, 0.717) is 24.3 Å². The molecule has 120 valence electrons. The van der Waals surface area contributed by atoms with E-state index in [0.717, 1.165) is 31.6 Å². The Morgan fingerprint density at radius 2 is 1.86 bits per heavy atom. The Balaban J connectivity index is 1.52. The Bertz CT molecular complexity index is 501. The maximum atomic E-state index is 13.1. The van der Waals surface area contributed by atoms with E-state index in [1.807, 2.05) is 12.1 Å². The first-order valence-corrected chi connectivity index (χ1v) is 8.20. The minimum Gasteiger partial charge on any atom is -0.338 e. The average molecular weight is 305 g/mol. The van der Waals surface area contributed by atoms with Gasteiger partial charge in [0.25, 0.3) is 0 Å². The number of hydrogen-bond donors (Lipinski definition) is 3. The van der Waals surface area contributed by atoms with Crippen molar-refractivity contribution in [3.8, 4) is 0 Å². The molecule has 0 aromatic heterocycles. The molecule has 0 spiro atoms. The molecule has 0 unspecified atom stereocenters. The van der Waals surface area contributed by atoms with Gasteiger partial charge in [-0.05, 0) is 61.3 Å². The first-order chi connectivity index (χ1) is 10.7. The fourth-order valence-electron chi connectivity index (χ4n) is 3.13. The summed E-state index contributed by atoms with van der Waals surface area (Å²) in [6, 6.07) is 6.70. The molecule has 1 aliphatic carbocycles. The first-order valence-electron chi connectivity index (χ1n) is 8.20. The molecule has 3 N–H and O–H groups in total. The molecular formula is C17H24FN3O. The number of benzene rings is 1. The number of piperidine rings is 1. The molecule has 4 nitrogen and oxygen atoms in total. The molecule has 1 aliphatic heterocycles. The lowest BCUT2D eigenvalue weighted by molar-refractivity contribution is 0.234. The first kappa shape index (κ1) is 15.3.